The quantitative estimate of drug-likeness (QED) is 0.435. The number of benzene rings is 2. The van der Waals surface area contributed by atoms with E-state index in [1.54, 1.807) is 6.26 Å². The van der Waals surface area contributed by atoms with E-state index in [4.69, 9.17) is 20.9 Å². The van der Waals surface area contributed by atoms with Gasteiger partial charge in [-0.25, -0.2) is 4.98 Å². The number of rotatable bonds is 2. The average molecular weight is 289 g/mol. The first kappa shape index (κ1) is 12.7. The van der Waals surface area contributed by atoms with Crippen molar-refractivity contribution in [2.45, 2.75) is 6.42 Å². The molecule has 4 heteroatoms. The number of para-hydroxylation sites is 1. The third-order valence-electron chi connectivity index (χ3n) is 3.87. The third-order valence-corrected chi connectivity index (χ3v) is 3.87. The van der Waals surface area contributed by atoms with E-state index in [2.05, 4.69) is 0 Å². The molecule has 0 amide bonds. The van der Waals surface area contributed by atoms with Crippen molar-refractivity contribution in [2.75, 3.05) is 11.5 Å². The molecule has 108 valence electrons. The van der Waals surface area contributed by atoms with E-state index in [0.29, 0.717) is 12.1 Å². The Labute approximate surface area is 127 Å². The maximum Gasteiger partial charge on any atom is 0.108 e. The molecule has 0 radical (unpaired) electrons. The van der Waals surface area contributed by atoms with Gasteiger partial charge in [-0.05, 0) is 35.9 Å². The van der Waals surface area contributed by atoms with Gasteiger partial charge in [0.2, 0.25) is 0 Å². The van der Waals surface area contributed by atoms with E-state index in [1.165, 1.54) is 0 Å². The highest BCUT2D eigenvalue weighted by atomic mass is 16.3. The fourth-order valence-corrected chi connectivity index (χ4v) is 2.91. The fourth-order valence-electron chi connectivity index (χ4n) is 2.91. The van der Waals surface area contributed by atoms with Gasteiger partial charge in [-0.2, -0.15) is 0 Å². The number of hydrogen-bond donors (Lipinski definition) is 2. The van der Waals surface area contributed by atoms with Crippen LogP contribution in [0.25, 0.3) is 21.8 Å². The Kier molecular flexibility index (Phi) is 2.76. The molecule has 0 aliphatic heterocycles. The van der Waals surface area contributed by atoms with Crippen LogP contribution < -0.4 is 11.5 Å². The second kappa shape index (κ2) is 4.77. The van der Waals surface area contributed by atoms with E-state index in [9.17, 15) is 0 Å². The summed E-state index contributed by atoms with van der Waals surface area (Å²) < 4.78 is 5.45. The lowest BCUT2D eigenvalue weighted by molar-refractivity contribution is 0.521. The van der Waals surface area contributed by atoms with E-state index in [-0.39, 0.29) is 0 Å². The molecule has 4 nitrogen and oxygen atoms in total. The molecule has 0 aliphatic carbocycles. The van der Waals surface area contributed by atoms with E-state index >= 15 is 0 Å². The zero-order valence-electron chi connectivity index (χ0n) is 11.9. The van der Waals surface area contributed by atoms with Gasteiger partial charge in [0.05, 0.1) is 23.0 Å². The molecule has 22 heavy (non-hydrogen) atoms. The molecule has 4 aromatic rings. The number of fused-ring (bicyclic) bond motifs is 2. The lowest BCUT2D eigenvalue weighted by Gasteiger charge is -2.12. The maximum atomic E-state index is 6.42. The number of furan rings is 1. The molecule has 0 saturated carbocycles. The molecule has 0 aliphatic rings. The zero-order chi connectivity index (χ0) is 15.1. The van der Waals surface area contributed by atoms with Gasteiger partial charge in [-0.15, -0.1) is 0 Å². The molecule has 2 heterocycles. The molecule has 0 bridgehead atoms. The Morgan fingerprint density at radius 1 is 0.955 bits per heavy atom. The molecule has 0 fully saturated rings. The van der Waals surface area contributed by atoms with Crippen LogP contribution >= 0.6 is 0 Å². The molecule has 4 rings (SSSR count). The van der Waals surface area contributed by atoms with Crippen LogP contribution in [0.5, 0.6) is 0 Å². The molecule has 2 aromatic carbocycles. The highest BCUT2D eigenvalue weighted by Gasteiger charge is 2.12. The van der Waals surface area contributed by atoms with Crippen molar-refractivity contribution in [3.63, 3.8) is 0 Å². The summed E-state index contributed by atoms with van der Waals surface area (Å²) >= 11 is 0. The summed E-state index contributed by atoms with van der Waals surface area (Å²) in [6.45, 7) is 0. The molecule has 0 atom stereocenters. The van der Waals surface area contributed by atoms with Gasteiger partial charge in [-0.3, -0.25) is 0 Å². The molecule has 0 spiro atoms. The summed E-state index contributed by atoms with van der Waals surface area (Å²) in [6.07, 6.45) is 2.31. The van der Waals surface area contributed by atoms with Crippen molar-refractivity contribution in [3.05, 3.63) is 66.1 Å². The summed E-state index contributed by atoms with van der Waals surface area (Å²) in [5.74, 6) is 0.874. The van der Waals surface area contributed by atoms with E-state index in [0.717, 1.165) is 38.8 Å². The summed E-state index contributed by atoms with van der Waals surface area (Å²) in [6, 6.07) is 15.5. The highest BCUT2D eigenvalue weighted by Crippen LogP contribution is 2.33. The van der Waals surface area contributed by atoms with Crippen LogP contribution in [0.3, 0.4) is 0 Å². The van der Waals surface area contributed by atoms with Gasteiger partial charge in [0.25, 0.3) is 0 Å². The summed E-state index contributed by atoms with van der Waals surface area (Å²) in [4.78, 5) is 4.70. The Balaban J connectivity index is 2.04. The minimum Gasteiger partial charge on any atom is -0.469 e. The molecule has 2 aromatic heterocycles. The molecule has 4 N–H and O–H groups in total. The first-order valence-corrected chi connectivity index (χ1v) is 7.11. The molecular formula is C18H15N3O. The van der Waals surface area contributed by atoms with Gasteiger partial charge in [0.15, 0.2) is 0 Å². The van der Waals surface area contributed by atoms with Crippen LogP contribution in [0.1, 0.15) is 11.3 Å². The SMILES string of the molecule is Nc1cc(Cc2ccco2)c2c(N)c3ccccc3nc2c1. The van der Waals surface area contributed by atoms with Gasteiger partial charge < -0.3 is 15.9 Å². The van der Waals surface area contributed by atoms with E-state index < -0.39 is 0 Å². The first-order valence-electron chi connectivity index (χ1n) is 7.11. The largest absolute Gasteiger partial charge is 0.469 e. The Bertz CT molecular complexity index is 975. The second-order valence-electron chi connectivity index (χ2n) is 5.37. The molecule has 0 saturated heterocycles. The maximum absolute atomic E-state index is 6.42. The predicted molar refractivity (Wildman–Crippen MR) is 89.6 cm³/mol. The van der Waals surface area contributed by atoms with Crippen molar-refractivity contribution < 1.29 is 4.42 Å². The summed E-state index contributed by atoms with van der Waals surface area (Å²) in [7, 11) is 0. The van der Waals surface area contributed by atoms with Gasteiger partial charge in [-0.1, -0.05) is 18.2 Å². The molecule has 0 unspecified atom stereocenters. The second-order valence-corrected chi connectivity index (χ2v) is 5.37. The smallest absolute Gasteiger partial charge is 0.108 e. The predicted octanol–water partition coefficient (Wildman–Crippen LogP) is 3.74. The van der Waals surface area contributed by atoms with Crippen molar-refractivity contribution in [2.24, 2.45) is 0 Å². The van der Waals surface area contributed by atoms with Crippen LogP contribution in [-0.2, 0) is 6.42 Å². The van der Waals surface area contributed by atoms with Crippen LogP contribution in [0.4, 0.5) is 11.4 Å². The Hall–Kier alpha value is -3.01. The number of nitrogens with two attached hydrogens (primary N) is 2. The molecular weight excluding hydrogens is 274 g/mol. The summed E-state index contributed by atoms with van der Waals surface area (Å²) in [5.41, 5.74) is 16.6. The van der Waals surface area contributed by atoms with Crippen molar-refractivity contribution in [1.29, 1.82) is 0 Å². The van der Waals surface area contributed by atoms with Gasteiger partial charge in [0, 0.05) is 22.9 Å². The van der Waals surface area contributed by atoms with Gasteiger partial charge >= 0.3 is 0 Å². The zero-order valence-corrected chi connectivity index (χ0v) is 11.9. The first-order chi connectivity index (χ1) is 10.7. The Morgan fingerprint density at radius 2 is 1.82 bits per heavy atom. The highest BCUT2D eigenvalue weighted by molar-refractivity contribution is 6.08. The standard InChI is InChI=1S/C18H15N3O/c19-12-8-11(9-13-4-3-7-22-13)17-16(10-12)21-15-6-2-1-5-14(15)18(17)20/h1-8,10H,9,19H2,(H2,20,21). The number of aromatic nitrogens is 1. The normalized spacial score (nSPS) is 11.3. The number of nitrogen functional groups attached to an aromatic ring is 2. The van der Waals surface area contributed by atoms with Crippen molar-refractivity contribution in [1.82, 2.24) is 4.98 Å². The Morgan fingerprint density at radius 3 is 2.64 bits per heavy atom. The number of anilines is 2. The number of pyridine rings is 1. The van der Waals surface area contributed by atoms with Crippen LogP contribution in [0.15, 0.2) is 59.2 Å². The van der Waals surface area contributed by atoms with Crippen LogP contribution in [0.2, 0.25) is 0 Å². The van der Waals surface area contributed by atoms with Crippen LogP contribution in [0, 0.1) is 0 Å². The van der Waals surface area contributed by atoms with Crippen molar-refractivity contribution >= 4 is 33.2 Å². The topological polar surface area (TPSA) is 78.1 Å². The lowest BCUT2D eigenvalue weighted by Crippen LogP contribution is -1.99. The van der Waals surface area contributed by atoms with Gasteiger partial charge in [0.1, 0.15) is 5.76 Å². The minimum absolute atomic E-state index is 0.638. The lowest BCUT2D eigenvalue weighted by atomic mass is 9.99. The fraction of sp³-hybridized carbons (Fsp3) is 0.0556. The summed E-state index contributed by atoms with van der Waals surface area (Å²) in [5, 5.41) is 1.91. The minimum atomic E-state index is 0.638. The van der Waals surface area contributed by atoms with Crippen LogP contribution in [-0.4, -0.2) is 4.98 Å². The number of hydrogen-bond acceptors (Lipinski definition) is 4. The number of nitrogens with zero attached hydrogens (tertiary/aromatic N) is 1. The van der Waals surface area contributed by atoms with E-state index in [1.807, 2.05) is 48.5 Å². The third kappa shape index (κ3) is 1.97. The average Bonchev–Trinajstić information content (AvgIpc) is 3.00. The monoisotopic (exact) mass is 289 g/mol. The van der Waals surface area contributed by atoms with Crippen molar-refractivity contribution in [3.8, 4) is 0 Å².